The monoisotopic (exact) mass is 484 g/mol. The number of nitrogens with zero attached hydrogens (tertiary/aromatic N) is 1. The molecule has 32 heavy (non-hydrogen) atoms. The van der Waals surface area contributed by atoms with Gasteiger partial charge >= 0.3 is 0 Å². The van der Waals surface area contributed by atoms with E-state index < -0.39 is 10.0 Å². The number of hydrogen-bond acceptors (Lipinski definition) is 5. The summed E-state index contributed by atoms with van der Waals surface area (Å²) >= 11 is 3.88. The van der Waals surface area contributed by atoms with Gasteiger partial charge in [0.25, 0.3) is 15.9 Å². The van der Waals surface area contributed by atoms with Gasteiger partial charge in [-0.2, -0.15) is 0 Å². The Hall–Kier alpha value is -2.42. The van der Waals surface area contributed by atoms with Gasteiger partial charge in [0.05, 0.1) is 15.2 Å². The highest BCUT2D eigenvalue weighted by Crippen LogP contribution is 2.43. The predicted molar refractivity (Wildman–Crippen MR) is 135 cm³/mol. The Morgan fingerprint density at radius 2 is 1.62 bits per heavy atom. The van der Waals surface area contributed by atoms with E-state index in [1.807, 2.05) is 53.9 Å². The van der Waals surface area contributed by atoms with Crippen molar-refractivity contribution < 1.29 is 13.2 Å². The third-order valence-electron chi connectivity index (χ3n) is 5.14. The summed E-state index contributed by atoms with van der Waals surface area (Å²) in [6.45, 7) is 0. The molecule has 5 nitrogen and oxygen atoms in total. The van der Waals surface area contributed by atoms with Crippen LogP contribution in [0.15, 0.2) is 83.8 Å². The number of carbonyl (C=O) groups is 1. The van der Waals surface area contributed by atoms with E-state index in [1.54, 1.807) is 36.4 Å². The molecule has 1 fully saturated rings. The molecule has 0 aromatic heterocycles. The minimum Gasteiger partial charge on any atom is -0.322 e. The average molecular weight is 485 g/mol. The van der Waals surface area contributed by atoms with E-state index >= 15 is 0 Å². The smallest absolute Gasteiger partial charge is 0.264 e. The number of sulfonamides is 1. The zero-order valence-electron chi connectivity index (χ0n) is 17.6. The number of para-hydroxylation sites is 1. The molecule has 1 saturated heterocycles. The Morgan fingerprint density at radius 1 is 0.938 bits per heavy atom. The molecule has 4 rings (SSSR count). The molecule has 1 N–H and O–H groups in total. The number of amides is 1. The summed E-state index contributed by atoms with van der Waals surface area (Å²) in [5.41, 5.74) is 2.75. The highest BCUT2D eigenvalue weighted by molar-refractivity contribution is 8.16. The molecule has 0 spiro atoms. The number of benzene rings is 3. The SMILES string of the molecule is CN(c1ccccc1)S(=O)(=O)c1cccc(NC(=O)c2ccc(C3SCCCS3)cc2)c1. The van der Waals surface area contributed by atoms with Gasteiger partial charge in [0.2, 0.25) is 0 Å². The third-order valence-corrected chi connectivity index (χ3v) is 9.94. The maximum atomic E-state index is 13.0. The maximum Gasteiger partial charge on any atom is 0.264 e. The fraction of sp³-hybridized carbons (Fsp3) is 0.208. The fourth-order valence-corrected chi connectivity index (χ4v) is 7.48. The van der Waals surface area contributed by atoms with Crippen molar-refractivity contribution in [2.45, 2.75) is 15.9 Å². The Kier molecular flexibility index (Phi) is 7.13. The van der Waals surface area contributed by atoms with Crippen LogP contribution in [0.25, 0.3) is 0 Å². The molecule has 166 valence electrons. The summed E-state index contributed by atoms with van der Waals surface area (Å²) in [5, 5.41) is 2.82. The molecule has 0 atom stereocenters. The lowest BCUT2D eigenvalue weighted by molar-refractivity contribution is 0.102. The van der Waals surface area contributed by atoms with Crippen LogP contribution >= 0.6 is 23.5 Å². The summed E-state index contributed by atoms with van der Waals surface area (Å²) in [7, 11) is -2.24. The van der Waals surface area contributed by atoms with Gasteiger partial charge in [-0.3, -0.25) is 9.10 Å². The van der Waals surface area contributed by atoms with Crippen LogP contribution in [0.4, 0.5) is 11.4 Å². The van der Waals surface area contributed by atoms with Crippen LogP contribution in [0.3, 0.4) is 0 Å². The fourth-order valence-electron chi connectivity index (χ4n) is 3.34. The molecule has 0 unspecified atom stereocenters. The van der Waals surface area contributed by atoms with Crippen LogP contribution < -0.4 is 9.62 Å². The van der Waals surface area contributed by atoms with Crippen molar-refractivity contribution >= 4 is 50.8 Å². The minimum atomic E-state index is -3.76. The largest absolute Gasteiger partial charge is 0.322 e. The van der Waals surface area contributed by atoms with Crippen molar-refractivity contribution in [1.82, 2.24) is 0 Å². The molecule has 0 aliphatic carbocycles. The lowest BCUT2D eigenvalue weighted by atomic mass is 10.1. The number of carbonyl (C=O) groups excluding carboxylic acids is 1. The normalized spacial score (nSPS) is 14.7. The van der Waals surface area contributed by atoms with Crippen LogP contribution in [0.2, 0.25) is 0 Å². The Morgan fingerprint density at radius 3 is 2.31 bits per heavy atom. The average Bonchev–Trinajstić information content (AvgIpc) is 2.85. The van der Waals surface area contributed by atoms with Gasteiger partial charge in [-0.05, 0) is 66.0 Å². The van der Waals surface area contributed by atoms with Crippen molar-refractivity contribution in [3.8, 4) is 0 Å². The lowest BCUT2D eigenvalue weighted by Gasteiger charge is -2.21. The third kappa shape index (κ3) is 5.14. The summed E-state index contributed by atoms with van der Waals surface area (Å²) < 4.78 is 27.7. The number of nitrogens with one attached hydrogen (secondary N) is 1. The van der Waals surface area contributed by atoms with Gasteiger partial charge in [-0.15, -0.1) is 23.5 Å². The standard InChI is InChI=1S/C24H24N2O3S3/c1-26(21-8-3-2-4-9-21)32(28,29)22-10-5-7-20(17-22)25-23(27)18-11-13-19(14-12-18)24-30-15-6-16-31-24/h2-5,7-14,17,24H,6,15-16H2,1H3,(H,25,27). The van der Waals surface area contributed by atoms with Gasteiger partial charge in [0.1, 0.15) is 0 Å². The van der Waals surface area contributed by atoms with Crippen LogP contribution in [-0.2, 0) is 10.0 Å². The lowest BCUT2D eigenvalue weighted by Crippen LogP contribution is -2.26. The quantitative estimate of drug-likeness (QED) is 0.491. The van der Waals surface area contributed by atoms with E-state index in [4.69, 9.17) is 0 Å². The Labute approximate surface area is 197 Å². The van der Waals surface area contributed by atoms with E-state index in [0.29, 0.717) is 21.5 Å². The molecule has 0 bridgehead atoms. The number of anilines is 2. The van der Waals surface area contributed by atoms with E-state index in [-0.39, 0.29) is 10.8 Å². The first kappa shape index (κ1) is 22.8. The molecule has 1 aliphatic heterocycles. The summed E-state index contributed by atoms with van der Waals surface area (Å²) in [5.74, 6) is 2.06. The molecule has 8 heteroatoms. The predicted octanol–water partition coefficient (Wildman–Crippen LogP) is 5.63. The number of hydrogen-bond donors (Lipinski definition) is 1. The molecule has 1 aliphatic rings. The molecular formula is C24H24N2O3S3. The van der Waals surface area contributed by atoms with Crippen molar-refractivity contribution in [3.63, 3.8) is 0 Å². The molecule has 1 heterocycles. The summed E-state index contributed by atoms with van der Waals surface area (Å²) in [6.07, 6.45) is 1.24. The first-order valence-electron chi connectivity index (χ1n) is 10.2. The van der Waals surface area contributed by atoms with Crippen molar-refractivity contribution in [1.29, 1.82) is 0 Å². The van der Waals surface area contributed by atoms with E-state index in [9.17, 15) is 13.2 Å². The Bertz CT molecular complexity index is 1180. The summed E-state index contributed by atoms with van der Waals surface area (Å²) in [4.78, 5) is 12.9. The second-order valence-corrected chi connectivity index (χ2v) is 12.0. The topological polar surface area (TPSA) is 66.5 Å². The summed E-state index contributed by atoms with van der Waals surface area (Å²) in [6, 6.07) is 22.8. The van der Waals surface area contributed by atoms with Gasteiger partial charge < -0.3 is 5.32 Å². The van der Waals surface area contributed by atoms with Gasteiger partial charge in [-0.1, -0.05) is 36.4 Å². The van der Waals surface area contributed by atoms with E-state index in [2.05, 4.69) is 5.32 Å². The molecule has 3 aromatic rings. The van der Waals surface area contributed by atoms with Crippen LogP contribution in [-0.4, -0.2) is 32.9 Å². The molecular weight excluding hydrogens is 460 g/mol. The maximum absolute atomic E-state index is 13.0. The van der Waals surface area contributed by atoms with E-state index in [0.717, 1.165) is 0 Å². The second-order valence-electron chi connectivity index (χ2n) is 7.34. The van der Waals surface area contributed by atoms with Crippen molar-refractivity contribution in [2.24, 2.45) is 0 Å². The zero-order valence-corrected chi connectivity index (χ0v) is 20.1. The van der Waals surface area contributed by atoms with Crippen LogP contribution in [0.5, 0.6) is 0 Å². The highest BCUT2D eigenvalue weighted by atomic mass is 32.2. The van der Waals surface area contributed by atoms with Gasteiger partial charge in [0.15, 0.2) is 0 Å². The number of rotatable bonds is 6. The highest BCUT2D eigenvalue weighted by Gasteiger charge is 2.22. The molecule has 0 saturated carbocycles. The van der Waals surface area contributed by atoms with Crippen LogP contribution in [0.1, 0.15) is 26.9 Å². The van der Waals surface area contributed by atoms with Gasteiger partial charge in [0, 0.05) is 18.3 Å². The first-order chi connectivity index (χ1) is 15.4. The Balaban J connectivity index is 1.48. The van der Waals surface area contributed by atoms with Crippen molar-refractivity contribution in [2.75, 3.05) is 28.2 Å². The molecule has 1 amide bonds. The van der Waals surface area contributed by atoms with Gasteiger partial charge in [-0.25, -0.2) is 8.42 Å². The number of thioether (sulfide) groups is 2. The van der Waals surface area contributed by atoms with Crippen LogP contribution in [0, 0.1) is 0 Å². The first-order valence-corrected chi connectivity index (χ1v) is 13.8. The second kappa shape index (κ2) is 10.0. The molecule has 0 radical (unpaired) electrons. The minimum absolute atomic E-state index is 0.114. The zero-order chi connectivity index (χ0) is 22.6. The van der Waals surface area contributed by atoms with E-state index in [1.165, 1.54) is 47.0 Å². The molecule has 3 aromatic carbocycles. The van der Waals surface area contributed by atoms with Crippen molar-refractivity contribution in [3.05, 3.63) is 90.0 Å².